The predicted octanol–water partition coefficient (Wildman–Crippen LogP) is -0.128. The van der Waals surface area contributed by atoms with Crippen molar-refractivity contribution >= 4 is 5.71 Å². The molecule has 1 aliphatic rings. The summed E-state index contributed by atoms with van der Waals surface area (Å²) in [5, 5.41) is 8.02. The van der Waals surface area contributed by atoms with E-state index in [4.69, 9.17) is 10.6 Å². The van der Waals surface area contributed by atoms with E-state index in [9.17, 15) is 0 Å². The minimum absolute atomic E-state index is 0.0372. The van der Waals surface area contributed by atoms with Crippen molar-refractivity contribution in [2.24, 2.45) is 17.9 Å². The summed E-state index contributed by atoms with van der Waals surface area (Å²) in [4.78, 5) is 5.10. The molecule has 0 amide bonds. The molecule has 0 saturated heterocycles. The first-order valence-electron chi connectivity index (χ1n) is 4.21. The summed E-state index contributed by atoms with van der Waals surface area (Å²) in [5.41, 5.74) is 7.41. The Kier molecular flexibility index (Phi) is 2.02. The van der Waals surface area contributed by atoms with Gasteiger partial charge >= 0.3 is 0 Å². The fraction of sp³-hybridized carbons (Fsp3) is 0.500. The third kappa shape index (κ3) is 1.55. The number of rotatable bonds is 2. The standard InChI is InChI=1S/C8H12N4O/c1-12-5-6(4-10-12)8-2-7(3-9)13-11-8/h4-5,7H,2-3,9H2,1H3. The average molecular weight is 180 g/mol. The topological polar surface area (TPSA) is 65.4 Å². The van der Waals surface area contributed by atoms with Crippen molar-refractivity contribution in [3.05, 3.63) is 18.0 Å². The van der Waals surface area contributed by atoms with Gasteiger partial charge in [0.15, 0.2) is 0 Å². The van der Waals surface area contributed by atoms with Gasteiger partial charge in [0.1, 0.15) is 6.10 Å². The minimum atomic E-state index is 0.0372. The maximum Gasteiger partial charge on any atom is 0.145 e. The molecular formula is C8H12N4O. The van der Waals surface area contributed by atoms with E-state index in [1.54, 1.807) is 10.9 Å². The highest BCUT2D eigenvalue weighted by molar-refractivity contribution is 6.00. The van der Waals surface area contributed by atoms with E-state index in [1.807, 2.05) is 13.2 Å². The fourth-order valence-electron chi connectivity index (χ4n) is 1.30. The van der Waals surface area contributed by atoms with E-state index in [-0.39, 0.29) is 6.10 Å². The van der Waals surface area contributed by atoms with Crippen LogP contribution < -0.4 is 5.73 Å². The Balaban J connectivity index is 2.12. The maximum atomic E-state index is 5.46. The maximum absolute atomic E-state index is 5.46. The van der Waals surface area contributed by atoms with Crippen molar-refractivity contribution in [3.63, 3.8) is 0 Å². The first-order chi connectivity index (χ1) is 6.29. The molecule has 70 valence electrons. The molecule has 0 saturated carbocycles. The van der Waals surface area contributed by atoms with Gasteiger partial charge in [0.2, 0.25) is 0 Å². The van der Waals surface area contributed by atoms with Gasteiger partial charge in [0, 0.05) is 31.8 Å². The Morgan fingerprint density at radius 3 is 3.15 bits per heavy atom. The van der Waals surface area contributed by atoms with Crippen LogP contribution in [0.5, 0.6) is 0 Å². The van der Waals surface area contributed by atoms with Crippen LogP contribution in [-0.4, -0.2) is 28.1 Å². The molecule has 2 rings (SSSR count). The van der Waals surface area contributed by atoms with E-state index >= 15 is 0 Å². The van der Waals surface area contributed by atoms with Crippen LogP contribution in [0.3, 0.4) is 0 Å². The van der Waals surface area contributed by atoms with Gasteiger partial charge in [-0.25, -0.2) is 0 Å². The summed E-state index contributed by atoms with van der Waals surface area (Å²) in [7, 11) is 1.88. The van der Waals surface area contributed by atoms with Crippen molar-refractivity contribution < 1.29 is 4.84 Å². The first-order valence-corrected chi connectivity index (χ1v) is 4.21. The Morgan fingerprint density at radius 2 is 2.62 bits per heavy atom. The molecule has 0 aliphatic carbocycles. The summed E-state index contributed by atoms with van der Waals surface area (Å²) in [6.45, 7) is 0.507. The highest BCUT2D eigenvalue weighted by atomic mass is 16.6. The summed E-state index contributed by atoms with van der Waals surface area (Å²) in [5.74, 6) is 0. The zero-order chi connectivity index (χ0) is 9.26. The molecule has 0 fully saturated rings. The zero-order valence-electron chi connectivity index (χ0n) is 7.47. The third-order valence-electron chi connectivity index (χ3n) is 2.03. The third-order valence-corrected chi connectivity index (χ3v) is 2.03. The largest absolute Gasteiger partial charge is 0.390 e. The van der Waals surface area contributed by atoms with Gasteiger partial charge in [-0.1, -0.05) is 5.16 Å². The van der Waals surface area contributed by atoms with Gasteiger partial charge in [0.25, 0.3) is 0 Å². The summed E-state index contributed by atoms with van der Waals surface area (Å²) >= 11 is 0. The molecule has 0 bridgehead atoms. The normalized spacial score (nSPS) is 21.4. The molecular weight excluding hydrogens is 168 g/mol. The zero-order valence-corrected chi connectivity index (χ0v) is 7.47. The van der Waals surface area contributed by atoms with Crippen molar-refractivity contribution in [1.82, 2.24) is 9.78 Å². The fourth-order valence-corrected chi connectivity index (χ4v) is 1.30. The van der Waals surface area contributed by atoms with Crippen LogP contribution in [0, 0.1) is 0 Å². The Labute approximate surface area is 76.2 Å². The van der Waals surface area contributed by atoms with Crippen LogP contribution in [0.4, 0.5) is 0 Å². The highest BCUT2D eigenvalue weighted by Gasteiger charge is 2.21. The van der Waals surface area contributed by atoms with Crippen LogP contribution in [0.1, 0.15) is 12.0 Å². The molecule has 0 aromatic carbocycles. The molecule has 0 spiro atoms. The van der Waals surface area contributed by atoms with E-state index in [2.05, 4.69) is 10.3 Å². The van der Waals surface area contributed by atoms with Crippen molar-refractivity contribution in [2.75, 3.05) is 6.54 Å². The van der Waals surface area contributed by atoms with E-state index < -0.39 is 0 Å². The lowest BCUT2D eigenvalue weighted by atomic mass is 10.1. The molecule has 1 unspecified atom stereocenters. The second kappa shape index (κ2) is 3.18. The Bertz CT molecular complexity index is 331. The molecule has 5 nitrogen and oxygen atoms in total. The number of aryl methyl sites for hydroxylation is 1. The van der Waals surface area contributed by atoms with Gasteiger partial charge in [-0.05, 0) is 0 Å². The molecule has 2 heterocycles. The van der Waals surface area contributed by atoms with Crippen LogP contribution in [0.2, 0.25) is 0 Å². The summed E-state index contributed by atoms with van der Waals surface area (Å²) in [6.07, 6.45) is 4.51. The number of oxime groups is 1. The lowest BCUT2D eigenvalue weighted by Crippen LogP contribution is -2.19. The quantitative estimate of drug-likeness (QED) is 0.689. The molecule has 0 radical (unpaired) electrons. The number of nitrogens with zero attached hydrogens (tertiary/aromatic N) is 3. The SMILES string of the molecule is Cn1cc(C2=NOC(CN)C2)cn1. The molecule has 1 atom stereocenters. The molecule has 1 aromatic rings. The predicted molar refractivity (Wildman–Crippen MR) is 48.3 cm³/mol. The van der Waals surface area contributed by atoms with E-state index in [1.165, 1.54) is 0 Å². The van der Waals surface area contributed by atoms with E-state index in [0.29, 0.717) is 6.54 Å². The van der Waals surface area contributed by atoms with Crippen LogP contribution >= 0.6 is 0 Å². The van der Waals surface area contributed by atoms with Crippen LogP contribution in [0.15, 0.2) is 17.5 Å². The monoisotopic (exact) mass is 180 g/mol. The summed E-state index contributed by atoms with van der Waals surface area (Å²) < 4.78 is 1.74. The second-order valence-electron chi connectivity index (χ2n) is 3.11. The number of hydrogen-bond donors (Lipinski definition) is 1. The molecule has 1 aromatic heterocycles. The molecule has 5 heteroatoms. The number of nitrogens with two attached hydrogens (primary N) is 1. The van der Waals surface area contributed by atoms with E-state index in [0.717, 1.165) is 17.7 Å². The van der Waals surface area contributed by atoms with Crippen LogP contribution in [0.25, 0.3) is 0 Å². The van der Waals surface area contributed by atoms with Gasteiger partial charge in [-0.2, -0.15) is 5.10 Å². The summed E-state index contributed by atoms with van der Waals surface area (Å²) in [6, 6.07) is 0. The first kappa shape index (κ1) is 8.25. The molecule has 13 heavy (non-hydrogen) atoms. The van der Waals surface area contributed by atoms with Crippen molar-refractivity contribution in [2.45, 2.75) is 12.5 Å². The molecule has 2 N–H and O–H groups in total. The average Bonchev–Trinajstić information content (AvgIpc) is 2.71. The van der Waals surface area contributed by atoms with Crippen LogP contribution in [-0.2, 0) is 11.9 Å². The smallest absolute Gasteiger partial charge is 0.145 e. The second-order valence-corrected chi connectivity index (χ2v) is 3.11. The van der Waals surface area contributed by atoms with Crippen molar-refractivity contribution in [1.29, 1.82) is 0 Å². The lowest BCUT2D eigenvalue weighted by Gasteiger charge is -2.00. The van der Waals surface area contributed by atoms with Gasteiger partial charge in [-0.15, -0.1) is 0 Å². The number of hydrogen-bond acceptors (Lipinski definition) is 4. The lowest BCUT2D eigenvalue weighted by molar-refractivity contribution is 0.0918. The highest BCUT2D eigenvalue weighted by Crippen LogP contribution is 2.14. The van der Waals surface area contributed by atoms with Gasteiger partial charge in [-0.3, -0.25) is 4.68 Å². The Morgan fingerprint density at radius 1 is 1.77 bits per heavy atom. The minimum Gasteiger partial charge on any atom is -0.390 e. The van der Waals surface area contributed by atoms with Crippen molar-refractivity contribution in [3.8, 4) is 0 Å². The number of aromatic nitrogens is 2. The molecule has 1 aliphatic heterocycles. The van der Waals surface area contributed by atoms with Gasteiger partial charge < -0.3 is 10.6 Å². The van der Waals surface area contributed by atoms with Gasteiger partial charge in [0.05, 0.1) is 11.9 Å². The Hall–Kier alpha value is -1.36.